The summed E-state index contributed by atoms with van der Waals surface area (Å²) >= 11 is 1.54. The molecule has 1 aliphatic heterocycles. The third-order valence-electron chi connectivity index (χ3n) is 3.08. The molecule has 6 heteroatoms. The summed E-state index contributed by atoms with van der Waals surface area (Å²) in [5, 5.41) is 6.23. The monoisotopic (exact) mass is 274 g/mol. The van der Waals surface area contributed by atoms with Gasteiger partial charge in [0.15, 0.2) is 9.84 Å². The first-order valence-electron chi connectivity index (χ1n) is 5.93. The van der Waals surface area contributed by atoms with E-state index in [9.17, 15) is 8.42 Å². The summed E-state index contributed by atoms with van der Waals surface area (Å²) in [6.45, 7) is 2.91. The van der Waals surface area contributed by atoms with Crippen LogP contribution in [-0.2, 0) is 15.4 Å². The highest BCUT2D eigenvalue weighted by molar-refractivity contribution is 7.91. The van der Waals surface area contributed by atoms with E-state index in [4.69, 9.17) is 0 Å². The average molecular weight is 274 g/mol. The number of sulfone groups is 1. The Balaban J connectivity index is 2.30. The lowest BCUT2D eigenvalue weighted by Gasteiger charge is -2.36. The highest BCUT2D eigenvalue weighted by Gasteiger charge is 2.41. The average Bonchev–Trinajstić information content (AvgIpc) is 2.79. The minimum Gasteiger partial charge on any atom is -0.305 e. The maximum Gasteiger partial charge on any atom is 0.152 e. The van der Waals surface area contributed by atoms with Gasteiger partial charge in [0, 0.05) is 11.6 Å². The Morgan fingerprint density at radius 2 is 2.41 bits per heavy atom. The lowest BCUT2D eigenvalue weighted by Crippen LogP contribution is -2.51. The predicted molar refractivity (Wildman–Crippen MR) is 70.0 cm³/mol. The second-order valence-electron chi connectivity index (χ2n) is 4.54. The largest absolute Gasteiger partial charge is 0.305 e. The van der Waals surface area contributed by atoms with E-state index in [1.807, 2.05) is 5.38 Å². The van der Waals surface area contributed by atoms with Gasteiger partial charge in [-0.05, 0) is 25.8 Å². The van der Waals surface area contributed by atoms with Gasteiger partial charge in [-0.15, -0.1) is 11.3 Å². The summed E-state index contributed by atoms with van der Waals surface area (Å²) in [6.07, 6.45) is 4.32. The van der Waals surface area contributed by atoms with Gasteiger partial charge in [-0.2, -0.15) is 0 Å². The number of thiazole rings is 1. The van der Waals surface area contributed by atoms with E-state index in [0.717, 1.165) is 30.8 Å². The predicted octanol–water partition coefficient (Wildman–Crippen LogP) is 1.55. The van der Waals surface area contributed by atoms with Crippen LogP contribution in [0.1, 0.15) is 31.2 Å². The molecule has 0 amide bonds. The standard InChI is InChI=1S/C11H18N2O2S2/c1-2-5-13-11(10-12-6-7-16-10)4-3-8-17(14,15)9-11/h6-7,13H,2-5,8-9H2,1H3. The normalized spacial score (nSPS) is 28.1. The van der Waals surface area contributed by atoms with E-state index in [0.29, 0.717) is 5.75 Å². The Kier molecular flexibility index (Phi) is 3.85. The number of rotatable bonds is 4. The van der Waals surface area contributed by atoms with E-state index in [-0.39, 0.29) is 5.75 Å². The van der Waals surface area contributed by atoms with Crippen molar-refractivity contribution in [2.75, 3.05) is 18.1 Å². The zero-order valence-corrected chi connectivity index (χ0v) is 11.6. The molecule has 0 bridgehead atoms. The molecule has 2 heterocycles. The molecule has 2 rings (SSSR count). The minimum absolute atomic E-state index is 0.188. The minimum atomic E-state index is -2.94. The highest BCUT2D eigenvalue weighted by atomic mass is 32.2. The van der Waals surface area contributed by atoms with Crippen LogP contribution in [0.2, 0.25) is 0 Å². The molecule has 0 radical (unpaired) electrons. The molecule has 0 spiro atoms. The van der Waals surface area contributed by atoms with Crippen LogP contribution in [-0.4, -0.2) is 31.5 Å². The van der Waals surface area contributed by atoms with Crippen molar-refractivity contribution in [3.05, 3.63) is 16.6 Å². The van der Waals surface area contributed by atoms with Crippen molar-refractivity contribution in [2.24, 2.45) is 0 Å². The van der Waals surface area contributed by atoms with Gasteiger partial charge in [0.2, 0.25) is 0 Å². The number of nitrogens with one attached hydrogen (secondary N) is 1. The Hall–Kier alpha value is -0.460. The molecule has 0 aromatic carbocycles. The van der Waals surface area contributed by atoms with Gasteiger partial charge in [0.05, 0.1) is 17.0 Å². The van der Waals surface area contributed by atoms with Gasteiger partial charge in [-0.3, -0.25) is 0 Å². The van der Waals surface area contributed by atoms with E-state index >= 15 is 0 Å². The molecule has 1 aliphatic rings. The molecule has 1 unspecified atom stereocenters. The van der Waals surface area contributed by atoms with E-state index in [1.165, 1.54) is 0 Å². The summed E-state index contributed by atoms with van der Waals surface area (Å²) in [4.78, 5) is 4.32. The molecule has 1 aromatic heterocycles. The molecule has 1 fully saturated rings. The Morgan fingerprint density at radius 1 is 1.59 bits per heavy atom. The summed E-state index contributed by atoms with van der Waals surface area (Å²) in [6, 6.07) is 0. The van der Waals surface area contributed by atoms with Crippen LogP contribution in [0.4, 0.5) is 0 Å². The van der Waals surface area contributed by atoms with Crippen molar-refractivity contribution in [2.45, 2.75) is 31.7 Å². The summed E-state index contributed by atoms with van der Waals surface area (Å²) in [5.41, 5.74) is -0.443. The van der Waals surface area contributed by atoms with Crippen LogP contribution in [0.3, 0.4) is 0 Å². The Morgan fingerprint density at radius 3 is 3.00 bits per heavy atom. The fourth-order valence-electron chi connectivity index (χ4n) is 2.32. The molecule has 0 aliphatic carbocycles. The smallest absolute Gasteiger partial charge is 0.152 e. The molecule has 96 valence electrons. The molecule has 1 atom stereocenters. The second kappa shape index (κ2) is 5.04. The van der Waals surface area contributed by atoms with Gasteiger partial charge in [0.25, 0.3) is 0 Å². The van der Waals surface area contributed by atoms with Crippen molar-refractivity contribution in [1.29, 1.82) is 0 Å². The first-order chi connectivity index (χ1) is 8.08. The van der Waals surface area contributed by atoms with Gasteiger partial charge in [-0.1, -0.05) is 6.92 Å². The number of hydrogen-bond donors (Lipinski definition) is 1. The van der Waals surface area contributed by atoms with Crippen molar-refractivity contribution < 1.29 is 8.42 Å². The van der Waals surface area contributed by atoms with E-state index < -0.39 is 15.4 Å². The third kappa shape index (κ3) is 2.86. The maximum absolute atomic E-state index is 11.9. The van der Waals surface area contributed by atoms with Gasteiger partial charge in [-0.25, -0.2) is 13.4 Å². The van der Waals surface area contributed by atoms with Crippen LogP contribution >= 0.6 is 11.3 Å². The third-order valence-corrected chi connectivity index (χ3v) is 5.90. The van der Waals surface area contributed by atoms with Crippen molar-refractivity contribution in [3.8, 4) is 0 Å². The van der Waals surface area contributed by atoms with Gasteiger partial charge < -0.3 is 5.32 Å². The quantitative estimate of drug-likeness (QED) is 0.905. The fraction of sp³-hybridized carbons (Fsp3) is 0.727. The lowest BCUT2D eigenvalue weighted by molar-refractivity contribution is 0.326. The first kappa shape index (κ1) is 13.0. The van der Waals surface area contributed by atoms with Crippen molar-refractivity contribution >= 4 is 21.2 Å². The SMILES string of the molecule is CCCNC1(c2nccs2)CCCS(=O)(=O)C1. The van der Waals surface area contributed by atoms with Crippen LogP contribution in [0.15, 0.2) is 11.6 Å². The molecule has 1 N–H and O–H groups in total. The summed E-state index contributed by atoms with van der Waals surface area (Å²) in [7, 11) is -2.94. The summed E-state index contributed by atoms with van der Waals surface area (Å²) in [5.74, 6) is 0.501. The van der Waals surface area contributed by atoms with Crippen LogP contribution in [0, 0.1) is 0 Å². The number of nitrogens with zero attached hydrogens (tertiary/aromatic N) is 1. The van der Waals surface area contributed by atoms with Crippen LogP contribution in [0.25, 0.3) is 0 Å². The molecule has 1 saturated heterocycles. The van der Waals surface area contributed by atoms with E-state index in [1.54, 1.807) is 17.5 Å². The van der Waals surface area contributed by atoms with Crippen molar-refractivity contribution in [1.82, 2.24) is 10.3 Å². The fourth-order valence-corrected chi connectivity index (χ4v) is 5.12. The van der Waals surface area contributed by atoms with Gasteiger partial charge >= 0.3 is 0 Å². The van der Waals surface area contributed by atoms with E-state index in [2.05, 4.69) is 17.2 Å². The topological polar surface area (TPSA) is 59.1 Å². The molecule has 4 nitrogen and oxygen atoms in total. The number of aromatic nitrogens is 1. The van der Waals surface area contributed by atoms with Crippen LogP contribution < -0.4 is 5.32 Å². The molecule has 1 aromatic rings. The highest BCUT2D eigenvalue weighted by Crippen LogP contribution is 2.34. The molecule has 17 heavy (non-hydrogen) atoms. The zero-order chi connectivity index (χ0) is 12.4. The maximum atomic E-state index is 11.9. The summed E-state index contributed by atoms with van der Waals surface area (Å²) < 4.78 is 23.7. The zero-order valence-electron chi connectivity index (χ0n) is 9.98. The van der Waals surface area contributed by atoms with Gasteiger partial charge in [0.1, 0.15) is 5.01 Å². The molecular formula is C11H18N2O2S2. The van der Waals surface area contributed by atoms with Crippen molar-refractivity contribution in [3.63, 3.8) is 0 Å². The van der Waals surface area contributed by atoms with Crippen LogP contribution in [0.5, 0.6) is 0 Å². The Labute approximate surface area is 106 Å². The Bertz CT molecular complexity index is 456. The molecular weight excluding hydrogens is 256 g/mol. The number of hydrogen-bond acceptors (Lipinski definition) is 5. The molecule has 0 saturated carbocycles. The second-order valence-corrected chi connectivity index (χ2v) is 7.62. The first-order valence-corrected chi connectivity index (χ1v) is 8.63. The lowest BCUT2D eigenvalue weighted by atomic mass is 9.96.